The summed E-state index contributed by atoms with van der Waals surface area (Å²) in [6.07, 6.45) is 4.85. The van der Waals surface area contributed by atoms with Gasteiger partial charge in [0.1, 0.15) is 12.9 Å². The zero-order chi connectivity index (χ0) is 12.4. The molecule has 0 spiro atoms. The van der Waals surface area contributed by atoms with Crippen molar-refractivity contribution in [3.63, 3.8) is 0 Å². The number of rotatable bonds is 2. The molecule has 1 aromatic rings. The molecule has 2 N–H and O–H groups in total. The van der Waals surface area contributed by atoms with Gasteiger partial charge in [-0.05, 0) is 33.1 Å². The highest BCUT2D eigenvalue weighted by Crippen LogP contribution is 2.22. The Balaban J connectivity index is 2.03. The average molecular weight is 237 g/mol. The summed E-state index contributed by atoms with van der Waals surface area (Å²) in [7, 11) is 0. The van der Waals surface area contributed by atoms with E-state index < -0.39 is 0 Å². The molecule has 6 heteroatoms. The molecule has 94 valence electrons. The maximum Gasteiger partial charge on any atom is 0.244 e. The summed E-state index contributed by atoms with van der Waals surface area (Å²) in [5, 5.41) is 3.93. The molecule has 2 heterocycles. The maximum atomic E-state index is 12.2. The molecule has 0 saturated carbocycles. The van der Waals surface area contributed by atoms with Crippen molar-refractivity contribution in [1.29, 1.82) is 0 Å². The van der Waals surface area contributed by atoms with Gasteiger partial charge in [-0.15, -0.1) is 5.10 Å². The molecule has 2 rings (SSSR count). The number of carbonyl (C=O) groups excluding carboxylic acids is 1. The Kier molecular flexibility index (Phi) is 3.31. The van der Waals surface area contributed by atoms with E-state index in [1.807, 2.05) is 4.90 Å². The highest BCUT2D eigenvalue weighted by Gasteiger charge is 2.28. The van der Waals surface area contributed by atoms with E-state index in [1.165, 1.54) is 17.4 Å². The van der Waals surface area contributed by atoms with E-state index in [1.54, 1.807) is 0 Å². The SMILES string of the molecule is C[C@@H]1CCC[C@H](C)N1C(=O)Cn1cnc(N)n1. The molecule has 1 aliphatic rings. The second-order valence-corrected chi connectivity index (χ2v) is 4.73. The van der Waals surface area contributed by atoms with Gasteiger partial charge < -0.3 is 10.6 Å². The number of likely N-dealkylation sites (tertiary alicyclic amines) is 1. The van der Waals surface area contributed by atoms with E-state index in [2.05, 4.69) is 23.9 Å². The minimum atomic E-state index is 0.0922. The molecular formula is C11H19N5O. The van der Waals surface area contributed by atoms with Crippen LogP contribution in [0.2, 0.25) is 0 Å². The molecular weight excluding hydrogens is 218 g/mol. The lowest BCUT2D eigenvalue weighted by Crippen LogP contribution is -2.48. The third-order valence-electron chi connectivity index (χ3n) is 3.33. The number of hydrogen-bond acceptors (Lipinski definition) is 4. The smallest absolute Gasteiger partial charge is 0.244 e. The van der Waals surface area contributed by atoms with Crippen LogP contribution in [0, 0.1) is 0 Å². The molecule has 1 fully saturated rings. The zero-order valence-corrected chi connectivity index (χ0v) is 10.3. The highest BCUT2D eigenvalue weighted by atomic mass is 16.2. The topological polar surface area (TPSA) is 77.0 Å². The fraction of sp³-hybridized carbons (Fsp3) is 0.727. The molecule has 17 heavy (non-hydrogen) atoms. The van der Waals surface area contributed by atoms with Gasteiger partial charge >= 0.3 is 0 Å². The predicted octanol–water partition coefficient (Wildman–Crippen LogP) is 0.650. The number of aromatic nitrogens is 3. The van der Waals surface area contributed by atoms with E-state index in [-0.39, 0.29) is 18.4 Å². The molecule has 1 amide bonds. The lowest BCUT2D eigenvalue weighted by atomic mass is 9.97. The number of nitrogen functional groups attached to an aromatic ring is 1. The summed E-state index contributed by atoms with van der Waals surface area (Å²) in [5.41, 5.74) is 5.42. The third-order valence-corrected chi connectivity index (χ3v) is 3.33. The van der Waals surface area contributed by atoms with Crippen molar-refractivity contribution in [3.05, 3.63) is 6.33 Å². The molecule has 1 aromatic heterocycles. The molecule has 0 bridgehead atoms. The molecule has 0 aromatic carbocycles. The van der Waals surface area contributed by atoms with Crippen LogP contribution < -0.4 is 5.73 Å². The van der Waals surface area contributed by atoms with E-state index in [4.69, 9.17) is 5.73 Å². The Hall–Kier alpha value is -1.59. The highest BCUT2D eigenvalue weighted by molar-refractivity contribution is 5.76. The van der Waals surface area contributed by atoms with Gasteiger partial charge in [-0.2, -0.15) is 0 Å². The van der Waals surface area contributed by atoms with Crippen LogP contribution in [-0.4, -0.2) is 37.7 Å². The normalized spacial score (nSPS) is 24.9. The summed E-state index contributed by atoms with van der Waals surface area (Å²) in [4.78, 5) is 18.0. The second-order valence-electron chi connectivity index (χ2n) is 4.73. The van der Waals surface area contributed by atoms with Crippen LogP contribution >= 0.6 is 0 Å². The van der Waals surface area contributed by atoms with Crippen LogP contribution in [0.3, 0.4) is 0 Å². The Morgan fingerprint density at radius 1 is 1.47 bits per heavy atom. The van der Waals surface area contributed by atoms with Crippen LogP contribution in [0.25, 0.3) is 0 Å². The van der Waals surface area contributed by atoms with Gasteiger partial charge in [0, 0.05) is 12.1 Å². The fourth-order valence-corrected chi connectivity index (χ4v) is 2.52. The van der Waals surface area contributed by atoms with Gasteiger partial charge in [-0.3, -0.25) is 4.79 Å². The van der Waals surface area contributed by atoms with Gasteiger partial charge in [0.05, 0.1) is 0 Å². The number of anilines is 1. The van der Waals surface area contributed by atoms with E-state index in [0.717, 1.165) is 12.8 Å². The Labute approximate surface area is 101 Å². The summed E-state index contributed by atoms with van der Waals surface area (Å²) < 4.78 is 1.49. The standard InChI is InChI=1S/C11H19N5O/c1-8-4-3-5-9(2)16(8)10(17)6-15-7-13-11(12)14-15/h7-9H,3-6H2,1-2H3,(H2,12,14)/t8-,9+. The number of carbonyl (C=O) groups is 1. The monoisotopic (exact) mass is 237 g/mol. The van der Waals surface area contributed by atoms with Crippen LogP contribution in [0.1, 0.15) is 33.1 Å². The lowest BCUT2D eigenvalue weighted by molar-refractivity contribution is -0.138. The second kappa shape index (κ2) is 4.73. The van der Waals surface area contributed by atoms with E-state index >= 15 is 0 Å². The maximum absolute atomic E-state index is 12.2. The van der Waals surface area contributed by atoms with E-state index in [9.17, 15) is 4.79 Å². The zero-order valence-electron chi connectivity index (χ0n) is 10.3. The minimum absolute atomic E-state index is 0.0922. The van der Waals surface area contributed by atoms with Crippen LogP contribution in [-0.2, 0) is 11.3 Å². The Morgan fingerprint density at radius 3 is 2.65 bits per heavy atom. The molecule has 1 saturated heterocycles. The number of piperidine rings is 1. The number of nitrogens with zero attached hydrogens (tertiary/aromatic N) is 4. The van der Waals surface area contributed by atoms with Crippen molar-refractivity contribution in [2.45, 2.75) is 51.7 Å². The number of amides is 1. The van der Waals surface area contributed by atoms with Crippen LogP contribution in [0.4, 0.5) is 5.95 Å². The van der Waals surface area contributed by atoms with Gasteiger partial charge in [0.2, 0.25) is 11.9 Å². The molecule has 6 nitrogen and oxygen atoms in total. The summed E-state index contributed by atoms with van der Waals surface area (Å²) >= 11 is 0. The van der Waals surface area contributed by atoms with Crippen molar-refractivity contribution >= 4 is 11.9 Å². The summed E-state index contributed by atoms with van der Waals surface area (Å²) in [6, 6.07) is 0.624. The van der Waals surface area contributed by atoms with Gasteiger partial charge in [-0.1, -0.05) is 0 Å². The number of nitrogens with two attached hydrogens (primary N) is 1. The molecule has 2 atom stereocenters. The predicted molar refractivity (Wildman–Crippen MR) is 64.1 cm³/mol. The first-order chi connectivity index (χ1) is 8.08. The Bertz CT molecular complexity index is 392. The van der Waals surface area contributed by atoms with E-state index in [0.29, 0.717) is 12.1 Å². The molecule has 0 radical (unpaired) electrons. The molecule has 1 aliphatic heterocycles. The van der Waals surface area contributed by atoms with Crippen LogP contribution in [0.15, 0.2) is 6.33 Å². The van der Waals surface area contributed by atoms with Gasteiger partial charge in [-0.25, -0.2) is 9.67 Å². The van der Waals surface area contributed by atoms with Gasteiger partial charge in [0.25, 0.3) is 0 Å². The van der Waals surface area contributed by atoms with Crippen molar-refractivity contribution in [2.24, 2.45) is 0 Å². The largest absolute Gasteiger partial charge is 0.367 e. The first-order valence-corrected chi connectivity index (χ1v) is 6.04. The third kappa shape index (κ3) is 2.57. The first kappa shape index (κ1) is 11.9. The van der Waals surface area contributed by atoms with Gasteiger partial charge in [0.15, 0.2) is 0 Å². The summed E-state index contributed by atoms with van der Waals surface area (Å²) in [5.74, 6) is 0.298. The number of hydrogen-bond donors (Lipinski definition) is 1. The first-order valence-electron chi connectivity index (χ1n) is 6.04. The Morgan fingerprint density at radius 2 is 2.12 bits per heavy atom. The van der Waals surface area contributed by atoms with Crippen molar-refractivity contribution in [3.8, 4) is 0 Å². The molecule has 0 unspecified atom stereocenters. The van der Waals surface area contributed by atoms with Crippen LogP contribution in [0.5, 0.6) is 0 Å². The lowest BCUT2D eigenvalue weighted by Gasteiger charge is -2.39. The fourth-order valence-electron chi connectivity index (χ4n) is 2.52. The quantitative estimate of drug-likeness (QED) is 0.819. The molecule has 0 aliphatic carbocycles. The van der Waals surface area contributed by atoms with Crippen molar-refractivity contribution in [1.82, 2.24) is 19.7 Å². The summed E-state index contributed by atoms with van der Waals surface area (Å²) in [6.45, 7) is 4.42. The average Bonchev–Trinajstić information content (AvgIpc) is 2.63. The van der Waals surface area contributed by atoms with Crippen molar-refractivity contribution < 1.29 is 4.79 Å². The minimum Gasteiger partial charge on any atom is -0.367 e. The van der Waals surface area contributed by atoms with Crippen molar-refractivity contribution in [2.75, 3.05) is 5.73 Å².